The van der Waals surface area contributed by atoms with Crippen LogP contribution in [-0.2, 0) is 0 Å². The maximum absolute atomic E-state index is 12.2. The topological polar surface area (TPSA) is 52.1 Å². The highest BCUT2D eigenvalue weighted by Crippen LogP contribution is 2.31. The zero-order valence-corrected chi connectivity index (χ0v) is 13.1. The molecular formula is C17H14N2O2S. The van der Waals surface area contributed by atoms with E-state index in [1.165, 1.54) is 11.3 Å². The van der Waals surface area contributed by atoms with E-state index < -0.39 is 5.97 Å². The fourth-order valence-corrected chi connectivity index (χ4v) is 2.73. The van der Waals surface area contributed by atoms with Crippen LogP contribution in [-0.4, -0.2) is 15.9 Å². The lowest BCUT2D eigenvalue weighted by atomic mass is 10.1. The van der Waals surface area contributed by atoms with Gasteiger partial charge < -0.3 is 4.74 Å². The third-order valence-corrected chi connectivity index (χ3v) is 4.09. The lowest BCUT2D eigenvalue weighted by molar-refractivity contribution is 0.0727. The molecule has 0 fully saturated rings. The Kier molecular flexibility index (Phi) is 3.98. The third kappa shape index (κ3) is 3.04. The van der Waals surface area contributed by atoms with E-state index in [1.54, 1.807) is 18.3 Å². The Morgan fingerprint density at radius 3 is 2.55 bits per heavy atom. The molecule has 0 atom stereocenters. The predicted octanol–water partition coefficient (Wildman–Crippen LogP) is 4.04. The molecule has 0 N–H and O–H groups in total. The molecule has 0 radical (unpaired) electrons. The molecule has 22 heavy (non-hydrogen) atoms. The van der Waals surface area contributed by atoms with E-state index >= 15 is 0 Å². The van der Waals surface area contributed by atoms with Crippen molar-refractivity contribution < 1.29 is 9.53 Å². The average Bonchev–Trinajstić information content (AvgIpc) is 2.90. The van der Waals surface area contributed by atoms with Gasteiger partial charge in [0.2, 0.25) is 5.88 Å². The number of hydrogen-bond acceptors (Lipinski definition) is 5. The van der Waals surface area contributed by atoms with Crippen LogP contribution in [0.1, 0.15) is 20.8 Å². The van der Waals surface area contributed by atoms with E-state index in [1.807, 2.05) is 44.2 Å². The van der Waals surface area contributed by atoms with E-state index in [-0.39, 0.29) is 0 Å². The Balaban J connectivity index is 1.82. The van der Waals surface area contributed by atoms with Crippen molar-refractivity contribution in [1.29, 1.82) is 0 Å². The molecular weight excluding hydrogens is 296 g/mol. The Morgan fingerprint density at radius 1 is 1.09 bits per heavy atom. The smallest absolute Gasteiger partial charge is 0.344 e. The number of esters is 1. The van der Waals surface area contributed by atoms with Gasteiger partial charge in [0.1, 0.15) is 5.01 Å². The Bertz CT molecular complexity index is 795. The summed E-state index contributed by atoms with van der Waals surface area (Å²) in [6.45, 7) is 3.85. The van der Waals surface area contributed by atoms with E-state index in [4.69, 9.17) is 4.74 Å². The van der Waals surface area contributed by atoms with Crippen LogP contribution < -0.4 is 4.74 Å². The average molecular weight is 310 g/mol. The van der Waals surface area contributed by atoms with Crippen LogP contribution in [0.25, 0.3) is 10.7 Å². The third-order valence-electron chi connectivity index (χ3n) is 3.11. The molecule has 0 unspecified atom stereocenters. The van der Waals surface area contributed by atoms with Gasteiger partial charge in [-0.05, 0) is 38.1 Å². The van der Waals surface area contributed by atoms with E-state index in [0.717, 1.165) is 21.1 Å². The summed E-state index contributed by atoms with van der Waals surface area (Å²) in [7, 11) is 0. The number of pyridine rings is 1. The van der Waals surface area contributed by atoms with E-state index in [9.17, 15) is 4.79 Å². The maximum Gasteiger partial charge on any atom is 0.344 e. The lowest BCUT2D eigenvalue weighted by Gasteiger charge is -2.02. The van der Waals surface area contributed by atoms with Crippen molar-refractivity contribution in [2.75, 3.05) is 0 Å². The second-order valence-corrected chi connectivity index (χ2v) is 6.05. The van der Waals surface area contributed by atoms with Gasteiger partial charge in [-0.15, -0.1) is 11.3 Å². The summed E-state index contributed by atoms with van der Waals surface area (Å²) >= 11 is 1.46. The lowest BCUT2D eigenvalue weighted by Crippen LogP contribution is -2.09. The van der Waals surface area contributed by atoms with Crippen molar-refractivity contribution >= 4 is 17.3 Å². The largest absolute Gasteiger partial charge is 0.403 e. The van der Waals surface area contributed by atoms with Crippen molar-refractivity contribution in [1.82, 2.24) is 9.97 Å². The van der Waals surface area contributed by atoms with Crippen LogP contribution in [0, 0.1) is 13.8 Å². The van der Waals surface area contributed by atoms with Crippen molar-refractivity contribution in [2.45, 2.75) is 13.8 Å². The van der Waals surface area contributed by atoms with E-state index in [0.29, 0.717) is 11.4 Å². The number of aromatic nitrogens is 2. The first-order valence-electron chi connectivity index (χ1n) is 6.81. The monoisotopic (exact) mass is 310 g/mol. The Labute approximate surface area is 132 Å². The normalized spacial score (nSPS) is 10.5. The first-order chi connectivity index (χ1) is 10.6. The first kappa shape index (κ1) is 14.4. The van der Waals surface area contributed by atoms with Crippen LogP contribution in [0.5, 0.6) is 5.88 Å². The summed E-state index contributed by atoms with van der Waals surface area (Å²) < 4.78 is 5.41. The molecule has 0 aliphatic carbocycles. The number of carbonyl (C=O) groups is 1. The number of benzene rings is 1. The number of thiazole rings is 1. The number of aryl methyl sites for hydroxylation is 2. The molecule has 0 amide bonds. The van der Waals surface area contributed by atoms with Gasteiger partial charge in [-0.1, -0.05) is 23.8 Å². The van der Waals surface area contributed by atoms with E-state index in [2.05, 4.69) is 9.97 Å². The highest BCUT2D eigenvalue weighted by Gasteiger charge is 2.16. The molecule has 0 saturated carbocycles. The summed E-state index contributed by atoms with van der Waals surface area (Å²) in [5, 5.41) is 0.741. The van der Waals surface area contributed by atoms with Crippen LogP contribution in [0.3, 0.4) is 0 Å². The van der Waals surface area contributed by atoms with Crippen LogP contribution in [0.4, 0.5) is 0 Å². The van der Waals surface area contributed by atoms with Gasteiger partial charge in [0.25, 0.3) is 0 Å². The fraction of sp³-hybridized carbons (Fsp3) is 0.118. The molecule has 2 aromatic heterocycles. The van der Waals surface area contributed by atoms with Crippen LogP contribution in [0.2, 0.25) is 0 Å². The zero-order valence-electron chi connectivity index (χ0n) is 12.2. The van der Waals surface area contributed by atoms with Crippen LogP contribution in [0.15, 0.2) is 48.7 Å². The zero-order chi connectivity index (χ0) is 15.5. The summed E-state index contributed by atoms with van der Waals surface area (Å²) in [6, 6.07) is 12.9. The molecule has 3 aromatic rings. The quantitative estimate of drug-likeness (QED) is 0.685. The summed E-state index contributed by atoms with van der Waals surface area (Å²) in [6.07, 6.45) is 1.71. The number of ether oxygens (including phenoxy) is 1. The minimum Gasteiger partial charge on any atom is -0.403 e. The summed E-state index contributed by atoms with van der Waals surface area (Å²) in [5.41, 5.74) is 2.38. The molecule has 0 spiro atoms. The SMILES string of the molecule is Cc1ccc(C(=O)Oc2nc(-c3ccccn3)sc2C)cc1. The molecule has 0 saturated heterocycles. The van der Waals surface area contributed by atoms with Gasteiger partial charge in [0.05, 0.1) is 16.1 Å². The van der Waals surface area contributed by atoms with Gasteiger partial charge >= 0.3 is 5.97 Å². The summed E-state index contributed by atoms with van der Waals surface area (Å²) in [4.78, 5) is 21.6. The predicted molar refractivity (Wildman–Crippen MR) is 86.2 cm³/mol. The van der Waals surface area contributed by atoms with Crippen molar-refractivity contribution in [2.24, 2.45) is 0 Å². The summed E-state index contributed by atoms with van der Waals surface area (Å²) in [5.74, 6) is -0.0581. The number of carbonyl (C=O) groups excluding carboxylic acids is 1. The molecule has 0 aliphatic rings. The molecule has 2 heterocycles. The van der Waals surface area contributed by atoms with Crippen molar-refractivity contribution in [3.05, 3.63) is 64.7 Å². The molecule has 4 nitrogen and oxygen atoms in total. The molecule has 5 heteroatoms. The van der Waals surface area contributed by atoms with Gasteiger partial charge in [0.15, 0.2) is 0 Å². The standard InChI is InChI=1S/C17H14N2O2S/c1-11-6-8-13(9-7-11)17(20)21-15-12(2)22-16(19-15)14-5-3-4-10-18-14/h3-10H,1-2H3. The molecule has 3 rings (SSSR count). The number of rotatable bonds is 3. The Hall–Kier alpha value is -2.53. The van der Waals surface area contributed by atoms with Crippen molar-refractivity contribution in [3.63, 3.8) is 0 Å². The second kappa shape index (κ2) is 6.07. The highest BCUT2D eigenvalue weighted by atomic mass is 32.1. The van der Waals surface area contributed by atoms with Gasteiger partial charge in [-0.25, -0.2) is 4.79 Å². The minimum atomic E-state index is -0.402. The van der Waals surface area contributed by atoms with Gasteiger partial charge in [-0.2, -0.15) is 4.98 Å². The van der Waals surface area contributed by atoms with Gasteiger partial charge in [0, 0.05) is 6.20 Å². The number of nitrogens with zero attached hydrogens (tertiary/aromatic N) is 2. The highest BCUT2D eigenvalue weighted by molar-refractivity contribution is 7.15. The minimum absolute atomic E-state index is 0.344. The van der Waals surface area contributed by atoms with Crippen LogP contribution >= 0.6 is 11.3 Å². The molecule has 0 aliphatic heterocycles. The maximum atomic E-state index is 12.2. The molecule has 1 aromatic carbocycles. The van der Waals surface area contributed by atoms with Gasteiger partial charge in [-0.3, -0.25) is 4.98 Å². The molecule has 0 bridgehead atoms. The first-order valence-corrected chi connectivity index (χ1v) is 7.63. The van der Waals surface area contributed by atoms with Crippen molar-refractivity contribution in [3.8, 4) is 16.6 Å². The fourth-order valence-electron chi connectivity index (χ4n) is 1.91. The number of hydrogen-bond donors (Lipinski definition) is 0. The second-order valence-electron chi connectivity index (χ2n) is 4.85. The Morgan fingerprint density at radius 2 is 1.86 bits per heavy atom. The molecule has 110 valence electrons.